The number of fused-ring (bicyclic) bond motifs is 1. The maximum absolute atomic E-state index is 13.3. The lowest BCUT2D eigenvalue weighted by atomic mass is 10.2. The van der Waals surface area contributed by atoms with Crippen LogP contribution in [0.15, 0.2) is 96.0 Å². The van der Waals surface area contributed by atoms with Crippen LogP contribution >= 0.6 is 0 Å². The van der Waals surface area contributed by atoms with E-state index in [1.54, 1.807) is 29.1 Å². The highest BCUT2D eigenvalue weighted by Crippen LogP contribution is 2.32. The fourth-order valence-corrected chi connectivity index (χ4v) is 5.54. The summed E-state index contributed by atoms with van der Waals surface area (Å²) in [7, 11) is -3.78. The summed E-state index contributed by atoms with van der Waals surface area (Å²) in [4.78, 5) is 13.0. The topological polar surface area (TPSA) is 84.3 Å². The molecule has 0 radical (unpaired) electrons. The maximum Gasteiger partial charge on any atom is 0.264 e. The van der Waals surface area contributed by atoms with E-state index in [-0.39, 0.29) is 10.5 Å². The number of carbonyl (C=O) groups is 1. The first-order chi connectivity index (χ1) is 16.0. The number of aromatic nitrogens is 2. The van der Waals surface area contributed by atoms with E-state index in [0.29, 0.717) is 31.0 Å². The van der Waals surface area contributed by atoms with Gasteiger partial charge in [0.05, 0.1) is 23.3 Å². The van der Waals surface area contributed by atoms with Crippen molar-refractivity contribution in [3.63, 3.8) is 0 Å². The fourth-order valence-electron chi connectivity index (χ4n) is 3.99. The molecular weight excluding hydrogens is 436 g/mol. The third-order valence-electron chi connectivity index (χ3n) is 5.66. The number of nitrogens with zero attached hydrogens (tertiary/aromatic N) is 3. The van der Waals surface area contributed by atoms with Crippen molar-refractivity contribution in [3.8, 4) is 0 Å². The molecule has 0 fully saturated rings. The van der Waals surface area contributed by atoms with Crippen molar-refractivity contribution in [1.82, 2.24) is 9.78 Å². The molecule has 0 spiro atoms. The predicted octanol–water partition coefficient (Wildman–Crippen LogP) is 3.94. The number of hydrogen-bond acceptors (Lipinski definition) is 4. The van der Waals surface area contributed by atoms with Gasteiger partial charge < -0.3 is 5.32 Å². The molecule has 7 nitrogen and oxygen atoms in total. The number of anilines is 2. The van der Waals surface area contributed by atoms with Gasteiger partial charge in [-0.05, 0) is 41.8 Å². The number of benzene rings is 3. The van der Waals surface area contributed by atoms with E-state index >= 15 is 0 Å². The summed E-state index contributed by atoms with van der Waals surface area (Å²) in [5.74, 6) is 0.134. The number of hydrogen-bond donors (Lipinski definition) is 1. The first-order valence-electron chi connectivity index (χ1n) is 10.6. The standard InChI is InChI=1S/C25H22N4O3S/c30-25(27-24-13-15-26-28(24)18-19-7-2-1-3-8-19)21-10-6-11-22(17-21)33(31,32)29-16-14-20-9-4-5-12-23(20)29/h1-13,15,17H,14,16,18H2,(H,27,30). The lowest BCUT2D eigenvalue weighted by molar-refractivity contribution is 0.102. The minimum atomic E-state index is -3.78. The second-order valence-electron chi connectivity index (χ2n) is 7.80. The van der Waals surface area contributed by atoms with Crippen molar-refractivity contribution in [2.45, 2.75) is 17.9 Å². The SMILES string of the molecule is O=C(Nc1ccnn1Cc1ccccc1)c1cccc(S(=O)(=O)N2CCc3ccccc32)c1. The van der Waals surface area contributed by atoms with Gasteiger partial charge in [-0.2, -0.15) is 5.10 Å². The molecule has 0 aliphatic carbocycles. The zero-order chi connectivity index (χ0) is 22.8. The van der Waals surface area contributed by atoms with Gasteiger partial charge in [0.2, 0.25) is 0 Å². The Morgan fingerprint density at radius 1 is 0.939 bits per heavy atom. The van der Waals surface area contributed by atoms with Gasteiger partial charge in [-0.3, -0.25) is 9.10 Å². The van der Waals surface area contributed by atoms with Crippen LogP contribution in [-0.4, -0.2) is 30.7 Å². The van der Waals surface area contributed by atoms with Gasteiger partial charge in [0, 0.05) is 18.2 Å². The van der Waals surface area contributed by atoms with Crippen LogP contribution in [0.1, 0.15) is 21.5 Å². The molecule has 3 aromatic carbocycles. The number of rotatable bonds is 6. The van der Waals surface area contributed by atoms with E-state index in [1.807, 2.05) is 54.6 Å². The smallest absolute Gasteiger partial charge is 0.264 e. The van der Waals surface area contributed by atoms with Crippen molar-refractivity contribution >= 4 is 27.4 Å². The molecule has 1 aliphatic heterocycles. The number of amides is 1. The molecule has 0 unspecified atom stereocenters. The third-order valence-corrected chi connectivity index (χ3v) is 7.47. The van der Waals surface area contributed by atoms with Crippen LogP contribution in [0.4, 0.5) is 11.5 Å². The van der Waals surface area contributed by atoms with Crippen LogP contribution < -0.4 is 9.62 Å². The molecule has 0 bridgehead atoms. The third kappa shape index (κ3) is 4.12. The van der Waals surface area contributed by atoms with E-state index in [2.05, 4.69) is 10.4 Å². The molecule has 33 heavy (non-hydrogen) atoms. The average molecular weight is 459 g/mol. The summed E-state index contributed by atoms with van der Waals surface area (Å²) in [6.07, 6.45) is 2.28. The van der Waals surface area contributed by atoms with Gasteiger partial charge in [0.15, 0.2) is 0 Å². The lowest BCUT2D eigenvalue weighted by Gasteiger charge is -2.20. The van der Waals surface area contributed by atoms with E-state index in [4.69, 9.17) is 0 Å². The van der Waals surface area contributed by atoms with E-state index in [0.717, 1.165) is 11.1 Å². The van der Waals surface area contributed by atoms with Gasteiger partial charge in [0.1, 0.15) is 5.82 Å². The van der Waals surface area contributed by atoms with E-state index < -0.39 is 15.9 Å². The number of nitrogens with one attached hydrogen (secondary N) is 1. The van der Waals surface area contributed by atoms with Crippen molar-refractivity contribution < 1.29 is 13.2 Å². The second-order valence-corrected chi connectivity index (χ2v) is 9.66. The van der Waals surface area contributed by atoms with Gasteiger partial charge >= 0.3 is 0 Å². The summed E-state index contributed by atoms with van der Waals surface area (Å²) >= 11 is 0. The van der Waals surface area contributed by atoms with Gasteiger partial charge in [-0.1, -0.05) is 54.6 Å². The zero-order valence-electron chi connectivity index (χ0n) is 17.8. The Hall–Kier alpha value is -3.91. The van der Waals surface area contributed by atoms with Crippen molar-refractivity contribution in [2.75, 3.05) is 16.2 Å². The van der Waals surface area contributed by atoms with E-state index in [1.165, 1.54) is 16.4 Å². The molecule has 4 aromatic rings. The maximum atomic E-state index is 13.3. The average Bonchev–Trinajstić information content (AvgIpc) is 3.47. The van der Waals surface area contributed by atoms with Crippen LogP contribution in [0.3, 0.4) is 0 Å². The Bertz CT molecular complexity index is 1410. The van der Waals surface area contributed by atoms with Gasteiger partial charge in [-0.15, -0.1) is 0 Å². The van der Waals surface area contributed by atoms with Crippen LogP contribution in [0.2, 0.25) is 0 Å². The minimum absolute atomic E-state index is 0.0876. The Morgan fingerprint density at radius 3 is 2.58 bits per heavy atom. The molecule has 8 heteroatoms. The molecular formula is C25H22N4O3S. The summed E-state index contributed by atoms with van der Waals surface area (Å²) in [5, 5.41) is 7.13. The Morgan fingerprint density at radius 2 is 1.73 bits per heavy atom. The quantitative estimate of drug-likeness (QED) is 0.474. The first-order valence-corrected chi connectivity index (χ1v) is 12.0. The van der Waals surface area contributed by atoms with Crippen LogP contribution in [0.5, 0.6) is 0 Å². The van der Waals surface area contributed by atoms with Crippen LogP contribution in [0.25, 0.3) is 0 Å². The molecule has 1 aliphatic rings. The van der Waals surface area contributed by atoms with Crippen LogP contribution in [0, 0.1) is 0 Å². The molecule has 5 rings (SSSR count). The summed E-state index contributed by atoms with van der Waals surface area (Å²) < 4.78 is 29.8. The fraction of sp³-hybridized carbons (Fsp3) is 0.120. The summed E-state index contributed by atoms with van der Waals surface area (Å²) in [6.45, 7) is 0.892. The molecule has 166 valence electrons. The minimum Gasteiger partial charge on any atom is -0.307 e. The lowest BCUT2D eigenvalue weighted by Crippen LogP contribution is -2.29. The molecule has 2 heterocycles. The molecule has 1 aromatic heterocycles. The van der Waals surface area contributed by atoms with Gasteiger partial charge in [-0.25, -0.2) is 13.1 Å². The highest BCUT2D eigenvalue weighted by atomic mass is 32.2. The molecule has 0 saturated heterocycles. The van der Waals surface area contributed by atoms with Gasteiger partial charge in [0.25, 0.3) is 15.9 Å². The molecule has 0 atom stereocenters. The normalized spacial score (nSPS) is 13.0. The van der Waals surface area contributed by atoms with Crippen molar-refractivity contribution in [3.05, 3.63) is 108 Å². The van der Waals surface area contributed by atoms with Crippen molar-refractivity contribution in [1.29, 1.82) is 0 Å². The molecule has 0 saturated carbocycles. The monoisotopic (exact) mass is 458 g/mol. The number of para-hydroxylation sites is 1. The second kappa shape index (κ2) is 8.55. The highest BCUT2D eigenvalue weighted by molar-refractivity contribution is 7.92. The predicted molar refractivity (Wildman–Crippen MR) is 127 cm³/mol. The highest BCUT2D eigenvalue weighted by Gasteiger charge is 2.31. The number of carbonyl (C=O) groups excluding carboxylic acids is 1. The Balaban J connectivity index is 1.37. The molecule has 1 N–H and O–H groups in total. The first kappa shape index (κ1) is 21.0. The van der Waals surface area contributed by atoms with Crippen LogP contribution in [-0.2, 0) is 23.0 Å². The molecule has 1 amide bonds. The van der Waals surface area contributed by atoms with E-state index in [9.17, 15) is 13.2 Å². The van der Waals surface area contributed by atoms with Crippen molar-refractivity contribution in [2.24, 2.45) is 0 Å². The number of sulfonamides is 1. The summed E-state index contributed by atoms with van der Waals surface area (Å²) in [5.41, 5.74) is 3.01. The Kier molecular flexibility index (Phi) is 5.43. The zero-order valence-corrected chi connectivity index (χ0v) is 18.6. The summed E-state index contributed by atoms with van der Waals surface area (Å²) in [6, 6.07) is 25.1. The largest absolute Gasteiger partial charge is 0.307 e. The Labute approximate surface area is 192 Å².